The van der Waals surface area contributed by atoms with Crippen LogP contribution in [0.5, 0.6) is 0 Å². The molecule has 3 N–H and O–H groups in total. The molecule has 0 unspecified atom stereocenters. The fourth-order valence-electron chi connectivity index (χ4n) is 2.91. The first-order chi connectivity index (χ1) is 12.0. The average Bonchev–Trinajstić information content (AvgIpc) is 3.18. The van der Waals surface area contributed by atoms with Gasteiger partial charge in [-0.25, -0.2) is 9.18 Å². The van der Waals surface area contributed by atoms with Crippen LogP contribution in [0.1, 0.15) is 30.6 Å². The Morgan fingerprint density at radius 3 is 2.84 bits per heavy atom. The van der Waals surface area contributed by atoms with Crippen LogP contribution >= 0.6 is 0 Å². The number of urea groups is 1. The lowest BCUT2D eigenvalue weighted by molar-refractivity contribution is 0.0593. The smallest absolute Gasteiger partial charge is 0.314 e. The molecule has 0 bridgehead atoms. The summed E-state index contributed by atoms with van der Waals surface area (Å²) in [7, 11) is 0. The van der Waals surface area contributed by atoms with E-state index < -0.39 is 5.60 Å². The zero-order chi connectivity index (χ0) is 17.9. The number of aromatic nitrogens is 3. The van der Waals surface area contributed by atoms with Crippen LogP contribution in [0.4, 0.5) is 9.18 Å². The maximum Gasteiger partial charge on any atom is 0.314 e. The predicted octanol–water partition coefficient (Wildman–Crippen LogP) is 1.11. The third kappa shape index (κ3) is 4.14. The van der Waals surface area contributed by atoms with Crippen molar-refractivity contribution in [3.05, 3.63) is 47.3 Å². The van der Waals surface area contributed by atoms with E-state index in [0.717, 1.165) is 31.0 Å². The van der Waals surface area contributed by atoms with Crippen LogP contribution < -0.4 is 10.6 Å². The SMILES string of the molecule is C[C@@](O)(CNC(=O)NCCc1nnc2n1CCC2)c1ccc(F)cc1. The van der Waals surface area contributed by atoms with Gasteiger partial charge in [0.2, 0.25) is 0 Å². The number of hydrogen-bond acceptors (Lipinski definition) is 4. The van der Waals surface area contributed by atoms with Gasteiger partial charge in [0, 0.05) is 25.9 Å². The first-order valence-corrected chi connectivity index (χ1v) is 8.37. The van der Waals surface area contributed by atoms with E-state index in [1.807, 2.05) is 0 Å². The van der Waals surface area contributed by atoms with Crippen molar-refractivity contribution in [3.8, 4) is 0 Å². The van der Waals surface area contributed by atoms with Crippen LogP contribution in [0, 0.1) is 5.82 Å². The van der Waals surface area contributed by atoms with Crippen LogP contribution in [0.15, 0.2) is 24.3 Å². The summed E-state index contributed by atoms with van der Waals surface area (Å²) in [5, 5.41) is 24.1. The van der Waals surface area contributed by atoms with Crippen LogP contribution in [0.2, 0.25) is 0 Å². The van der Waals surface area contributed by atoms with E-state index in [-0.39, 0.29) is 18.4 Å². The molecule has 1 aliphatic rings. The van der Waals surface area contributed by atoms with E-state index in [1.165, 1.54) is 24.3 Å². The van der Waals surface area contributed by atoms with Crippen molar-refractivity contribution in [1.82, 2.24) is 25.4 Å². The number of aliphatic hydroxyl groups is 1. The van der Waals surface area contributed by atoms with E-state index in [2.05, 4.69) is 25.4 Å². The first kappa shape index (κ1) is 17.3. The van der Waals surface area contributed by atoms with Crippen LogP contribution in [-0.4, -0.2) is 39.0 Å². The minimum absolute atomic E-state index is 0.0186. The molecule has 0 saturated heterocycles. The molecule has 0 radical (unpaired) electrons. The van der Waals surface area contributed by atoms with Gasteiger partial charge in [0.1, 0.15) is 23.1 Å². The van der Waals surface area contributed by atoms with E-state index in [1.54, 1.807) is 6.92 Å². The average molecular weight is 347 g/mol. The Bertz CT molecular complexity index is 742. The number of benzene rings is 1. The molecule has 3 rings (SSSR count). The van der Waals surface area contributed by atoms with E-state index >= 15 is 0 Å². The number of amides is 2. The number of aryl methyl sites for hydroxylation is 1. The standard InChI is InChI=1S/C17H22FN5O2/c1-17(25,12-4-6-13(18)7-5-12)11-20-16(24)19-9-8-15-22-21-14-3-2-10-23(14)15/h4-7,25H,2-3,8-11H2,1H3,(H2,19,20,24)/t17-/m1/s1. The minimum atomic E-state index is -1.28. The molecule has 2 aromatic rings. The highest BCUT2D eigenvalue weighted by Gasteiger charge is 2.24. The summed E-state index contributed by atoms with van der Waals surface area (Å²) in [6.45, 7) is 2.96. The lowest BCUT2D eigenvalue weighted by atomic mass is 9.96. The van der Waals surface area contributed by atoms with Crippen molar-refractivity contribution in [2.24, 2.45) is 0 Å². The van der Waals surface area contributed by atoms with Crippen molar-refractivity contribution >= 4 is 6.03 Å². The molecule has 1 aromatic heterocycles. The largest absolute Gasteiger partial charge is 0.384 e. The van der Waals surface area contributed by atoms with Gasteiger partial charge in [0.25, 0.3) is 0 Å². The first-order valence-electron chi connectivity index (χ1n) is 8.37. The molecule has 2 heterocycles. The Morgan fingerprint density at radius 2 is 2.08 bits per heavy atom. The highest BCUT2D eigenvalue weighted by atomic mass is 19.1. The van der Waals surface area contributed by atoms with Crippen LogP contribution in [0.3, 0.4) is 0 Å². The van der Waals surface area contributed by atoms with E-state index in [4.69, 9.17) is 0 Å². The molecule has 134 valence electrons. The van der Waals surface area contributed by atoms with Crippen LogP contribution in [0.25, 0.3) is 0 Å². The van der Waals surface area contributed by atoms with Gasteiger partial charge in [0.05, 0.1) is 6.54 Å². The molecule has 7 nitrogen and oxygen atoms in total. The Balaban J connectivity index is 1.43. The summed E-state index contributed by atoms with van der Waals surface area (Å²) in [5.41, 5.74) is -0.744. The minimum Gasteiger partial charge on any atom is -0.384 e. The number of carbonyl (C=O) groups excluding carboxylic acids is 1. The molecule has 1 aliphatic heterocycles. The lowest BCUT2D eigenvalue weighted by Gasteiger charge is -2.24. The second kappa shape index (κ2) is 7.18. The number of rotatable bonds is 6. The monoisotopic (exact) mass is 347 g/mol. The molecule has 1 atom stereocenters. The summed E-state index contributed by atoms with van der Waals surface area (Å²) < 4.78 is 15.1. The molecule has 8 heteroatoms. The Morgan fingerprint density at radius 1 is 1.32 bits per heavy atom. The zero-order valence-electron chi connectivity index (χ0n) is 14.1. The second-order valence-corrected chi connectivity index (χ2v) is 6.43. The normalized spacial score (nSPS) is 15.5. The van der Waals surface area contributed by atoms with Gasteiger partial charge in [-0.2, -0.15) is 0 Å². The molecule has 0 fully saturated rings. The second-order valence-electron chi connectivity index (χ2n) is 6.43. The molecule has 25 heavy (non-hydrogen) atoms. The molecule has 0 aliphatic carbocycles. The number of nitrogens with zero attached hydrogens (tertiary/aromatic N) is 3. The zero-order valence-corrected chi connectivity index (χ0v) is 14.1. The van der Waals surface area contributed by atoms with Crippen molar-refractivity contribution in [1.29, 1.82) is 0 Å². The Kier molecular flexibility index (Phi) is 4.98. The quantitative estimate of drug-likeness (QED) is 0.730. The highest BCUT2D eigenvalue weighted by Crippen LogP contribution is 2.19. The van der Waals surface area contributed by atoms with Crippen molar-refractivity contribution < 1.29 is 14.3 Å². The van der Waals surface area contributed by atoms with E-state index in [9.17, 15) is 14.3 Å². The van der Waals surface area contributed by atoms with Crippen molar-refractivity contribution in [2.45, 2.75) is 38.3 Å². The lowest BCUT2D eigenvalue weighted by Crippen LogP contribution is -2.44. The van der Waals surface area contributed by atoms with Gasteiger partial charge in [0.15, 0.2) is 0 Å². The molecule has 2 amide bonds. The van der Waals surface area contributed by atoms with Gasteiger partial charge in [-0.05, 0) is 31.0 Å². The van der Waals surface area contributed by atoms with Gasteiger partial charge >= 0.3 is 6.03 Å². The molecule has 0 saturated carbocycles. The fraction of sp³-hybridized carbons (Fsp3) is 0.471. The summed E-state index contributed by atoms with van der Waals surface area (Å²) in [6, 6.07) is 5.19. The number of halogens is 1. The highest BCUT2D eigenvalue weighted by molar-refractivity contribution is 5.73. The Hall–Kier alpha value is -2.48. The number of nitrogens with one attached hydrogen (secondary N) is 2. The fourth-order valence-corrected chi connectivity index (χ4v) is 2.91. The van der Waals surface area contributed by atoms with Gasteiger partial charge in [-0.15, -0.1) is 10.2 Å². The topological polar surface area (TPSA) is 92.1 Å². The molecule has 0 spiro atoms. The summed E-state index contributed by atoms with van der Waals surface area (Å²) in [6.07, 6.45) is 2.65. The van der Waals surface area contributed by atoms with Gasteiger partial charge in [-0.3, -0.25) is 0 Å². The van der Waals surface area contributed by atoms with E-state index in [0.29, 0.717) is 18.5 Å². The molecule has 1 aromatic carbocycles. The summed E-state index contributed by atoms with van der Waals surface area (Å²) in [5.74, 6) is 1.52. The van der Waals surface area contributed by atoms with Crippen molar-refractivity contribution in [2.75, 3.05) is 13.1 Å². The third-order valence-electron chi connectivity index (χ3n) is 4.38. The number of hydrogen-bond donors (Lipinski definition) is 3. The Labute approximate surface area is 145 Å². The maximum absolute atomic E-state index is 13.0. The number of carbonyl (C=O) groups is 1. The van der Waals surface area contributed by atoms with Crippen molar-refractivity contribution in [3.63, 3.8) is 0 Å². The molecular formula is C17H22FN5O2. The molecular weight excluding hydrogens is 325 g/mol. The number of fused-ring (bicyclic) bond motifs is 1. The van der Waals surface area contributed by atoms with Gasteiger partial charge < -0.3 is 20.3 Å². The van der Waals surface area contributed by atoms with Crippen LogP contribution in [-0.2, 0) is 25.0 Å². The summed E-state index contributed by atoms with van der Waals surface area (Å²) in [4.78, 5) is 11.9. The third-order valence-corrected chi connectivity index (χ3v) is 4.38. The maximum atomic E-state index is 13.0. The predicted molar refractivity (Wildman–Crippen MR) is 89.4 cm³/mol. The summed E-state index contributed by atoms with van der Waals surface area (Å²) >= 11 is 0. The van der Waals surface area contributed by atoms with Gasteiger partial charge in [-0.1, -0.05) is 12.1 Å².